The third-order valence-electron chi connectivity index (χ3n) is 5.61. The molecule has 2 aromatic carbocycles. The van der Waals surface area contributed by atoms with E-state index in [1.54, 1.807) is 12.1 Å². The molecule has 30 heavy (non-hydrogen) atoms. The van der Waals surface area contributed by atoms with Crippen LogP contribution in [0.3, 0.4) is 0 Å². The Labute approximate surface area is 172 Å². The van der Waals surface area contributed by atoms with Crippen LogP contribution < -0.4 is 5.73 Å². The maximum Gasteiger partial charge on any atom is 0.295 e. The van der Waals surface area contributed by atoms with E-state index in [4.69, 9.17) is 10.6 Å². The molecule has 0 radical (unpaired) electrons. The summed E-state index contributed by atoms with van der Waals surface area (Å²) in [5, 5.41) is 13.3. The molecule has 0 amide bonds. The number of oxime groups is 1. The highest BCUT2D eigenvalue weighted by atomic mass is 19.3. The third kappa shape index (κ3) is 3.22. The van der Waals surface area contributed by atoms with Crippen LogP contribution in [0.2, 0.25) is 0 Å². The number of alkyl halides is 2. The largest absolute Gasteiger partial charge is 0.405 e. The molecule has 2 aromatic rings. The van der Waals surface area contributed by atoms with Gasteiger partial charge in [-0.1, -0.05) is 30.6 Å². The predicted octanol–water partition coefficient (Wildman–Crippen LogP) is 4.68. The van der Waals surface area contributed by atoms with Gasteiger partial charge in [-0.25, -0.2) is 13.2 Å². The van der Waals surface area contributed by atoms with Crippen molar-refractivity contribution < 1.29 is 18.0 Å². The first-order valence-corrected chi connectivity index (χ1v) is 9.76. The second kappa shape index (κ2) is 7.52. The van der Waals surface area contributed by atoms with E-state index < -0.39 is 24.3 Å². The van der Waals surface area contributed by atoms with Crippen LogP contribution in [-0.4, -0.2) is 11.6 Å². The van der Waals surface area contributed by atoms with E-state index in [1.165, 1.54) is 24.4 Å². The van der Waals surface area contributed by atoms with Gasteiger partial charge in [0.05, 0.1) is 11.6 Å². The summed E-state index contributed by atoms with van der Waals surface area (Å²) < 4.78 is 43.4. The highest BCUT2D eigenvalue weighted by Gasteiger charge is 2.53. The minimum absolute atomic E-state index is 0.231. The van der Waals surface area contributed by atoms with E-state index in [9.17, 15) is 18.4 Å². The molecule has 154 valence electrons. The van der Waals surface area contributed by atoms with Gasteiger partial charge in [-0.05, 0) is 59.5 Å². The monoisotopic (exact) mass is 411 g/mol. The van der Waals surface area contributed by atoms with E-state index >= 15 is 0 Å². The fraction of sp³-hybridized carbons (Fsp3) is 0.304. The van der Waals surface area contributed by atoms with Crippen molar-refractivity contribution in [1.82, 2.24) is 0 Å². The Bertz CT molecular complexity index is 1120. The van der Waals surface area contributed by atoms with Gasteiger partial charge in [-0.15, -0.1) is 0 Å². The molecular weight excluding hydrogens is 391 g/mol. The summed E-state index contributed by atoms with van der Waals surface area (Å²) in [4.78, 5) is 5.14. The van der Waals surface area contributed by atoms with Gasteiger partial charge in [0, 0.05) is 17.5 Å². The Morgan fingerprint density at radius 1 is 1.33 bits per heavy atom. The van der Waals surface area contributed by atoms with Crippen LogP contribution in [0.15, 0.2) is 41.7 Å². The van der Waals surface area contributed by atoms with E-state index in [1.807, 2.05) is 6.92 Å². The number of hydrogen-bond donors (Lipinski definition) is 1. The number of rotatable bonds is 5. The van der Waals surface area contributed by atoms with Crippen molar-refractivity contribution in [2.45, 2.75) is 44.6 Å². The Kier molecular flexibility index (Phi) is 5.02. The van der Waals surface area contributed by atoms with Crippen LogP contribution >= 0.6 is 0 Å². The van der Waals surface area contributed by atoms with E-state index in [0.29, 0.717) is 39.9 Å². The highest BCUT2D eigenvalue weighted by molar-refractivity contribution is 6.10. The van der Waals surface area contributed by atoms with Gasteiger partial charge in [-0.3, -0.25) is 0 Å². The van der Waals surface area contributed by atoms with E-state index in [0.717, 1.165) is 12.0 Å². The summed E-state index contributed by atoms with van der Waals surface area (Å²) >= 11 is 0. The van der Waals surface area contributed by atoms with Crippen molar-refractivity contribution in [3.63, 3.8) is 0 Å². The zero-order valence-electron chi connectivity index (χ0n) is 16.4. The minimum Gasteiger partial charge on any atom is -0.405 e. The average molecular weight is 411 g/mol. The molecule has 0 bridgehead atoms. The van der Waals surface area contributed by atoms with Crippen LogP contribution in [0.4, 0.5) is 13.2 Å². The SMILES string of the molecule is CCCc1cc(F)cc(C#N)c1Cc1ccc2c3c1CC(F)(F)C3ON=C2/C=C\N. The molecule has 4 nitrogen and oxygen atoms in total. The molecule has 4 rings (SSSR count). The van der Waals surface area contributed by atoms with E-state index in [2.05, 4.69) is 11.2 Å². The van der Waals surface area contributed by atoms with Crippen LogP contribution in [-0.2, 0) is 24.1 Å². The number of benzene rings is 2. The summed E-state index contributed by atoms with van der Waals surface area (Å²) in [6.45, 7) is 1.97. The Balaban J connectivity index is 1.85. The highest BCUT2D eigenvalue weighted by Crippen LogP contribution is 2.50. The number of nitrogens with zero attached hydrogens (tertiary/aromatic N) is 2. The molecule has 1 heterocycles. The normalized spacial score (nSPS) is 18.6. The number of aryl methyl sites for hydroxylation is 1. The Morgan fingerprint density at radius 2 is 2.13 bits per heavy atom. The van der Waals surface area contributed by atoms with Crippen LogP contribution in [0.1, 0.15) is 58.4 Å². The van der Waals surface area contributed by atoms with Crippen molar-refractivity contribution in [2.24, 2.45) is 10.9 Å². The molecular formula is C23H20F3N3O. The van der Waals surface area contributed by atoms with Gasteiger partial charge in [0.2, 0.25) is 6.10 Å². The summed E-state index contributed by atoms with van der Waals surface area (Å²) in [5.74, 6) is -3.56. The van der Waals surface area contributed by atoms with Gasteiger partial charge in [0.1, 0.15) is 11.5 Å². The molecule has 1 aliphatic carbocycles. The summed E-state index contributed by atoms with van der Waals surface area (Å²) in [6, 6.07) is 8.18. The molecule has 0 fully saturated rings. The minimum atomic E-state index is -3.10. The molecule has 2 aliphatic rings. The zero-order chi connectivity index (χ0) is 21.5. The Hall–Kier alpha value is -3.27. The standard InChI is InChI=1S/C23H20F3N3O/c1-2-3-13-8-16(24)9-15(12-28)18(13)10-14-4-5-17-20(6-7-27)29-30-22-21(17)19(14)11-23(22,25)26/h4-9,22H,2-3,10-11,27H2,1H3/b7-6-. The lowest BCUT2D eigenvalue weighted by Crippen LogP contribution is -2.26. The first-order chi connectivity index (χ1) is 14.4. The second-order valence-corrected chi connectivity index (χ2v) is 7.55. The number of hydrogen-bond acceptors (Lipinski definition) is 4. The van der Waals surface area contributed by atoms with Gasteiger partial charge < -0.3 is 10.6 Å². The molecule has 1 aliphatic heterocycles. The lowest BCUT2D eigenvalue weighted by atomic mass is 9.88. The quantitative estimate of drug-likeness (QED) is 0.777. The first kappa shape index (κ1) is 20.0. The second-order valence-electron chi connectivity index (χ2n) is 7.55. The molecule has 7 heteroatoms. The smallest absolute Gasteiger partial charge is 0.295 e. The van der Waals surface area contributed by atoms with Gasteiger partial charge in [-0.2, -0.15) is 5.26 Å². The molecule has 0 spiro atoms. The number of allylic oxidation sites excluding steroid dienone is 1. The average Bonchev–Trinajstić information content (AvgIpc) is 2.99. The molecule has 0 saturated heterocycles. The zero-order valence-corrected chi connectivity index (χ0v) is 16.4. The van der Waals surface area contributed by atoms with Crippen molar-refractivity contribution >= 4 is 5.71 Å². The maximum atomic E-state index is 14.7. The fourth-order valence-electron chi connectivity index (χ4n) is 4.33. The molecule has 0 aromatic heterocycles. The van der Waals surface area contributed by atoms with Crippen LogP contribution in [0, 0.1) is 17.1 Å². The fourth-order valence-corrected chi connectivity index (χ4v) is 4.33. The van der Waals surface area contributed by atoms with Crippen molar-refractivity contribution in [2.75, 3.05) is 0 Å². The van der Waals surface area contributed by atoms with E-state index in [-0.39, 0.29) is 12.0 Å². The van der Waals surface area contributed by atoms with Crippen molar-refractivity contribution in [3.8, 4) is 6.07 Å². The topological polar surface area (TPSA) is 71.4 Å². The number of nitrogens with two attached hydrogens (primary N) is 1. The lowest BCUT2D eigenvalue weighted by molar-refractivity contribution is -0.129. The first-order valence-electron chi connectivity index (χ1n) is 9.76. The van der Waals surface area contributed by atoms with Crippen LogP contribution in [0.5, 0.6) is 0 Å². The predicted molar refractivity (Wildman–Crippen MR) is 107 cm³/mol. The van der Waals surface area contributed by atoms with Gasteiger partial charge in [0.25, 0.3) is 5.92 Å². The molecule has 0 saturated carbocycles. The maximum absolute atomic E-state index is 14.7. The van der Waals surface area contributed by atoms with Gasteiger partial charge in [0.15, 0.2) is 0 Å². The summed E-state index contributed by atoms with van der Waals surface area (Å²) in [7, 11) is 0. The van der Waals surface area contributed by atoms with Crippen LogP contribution in [0.25, 0.3) is 0 Å². The number of nitriles is 1. The lowest BCUT2D eigenvalue weighted by Gasteiger charge is -2.24. The summed E-state index contributed by atoms with van der Waals surface area (Å²) in [5.41, 5.74) is 9.63. The molecule has 2 N–H and O–H groups in total. The third-order valence-corrected chi connectivity index (χ3v) is 5.61. The summed E-state index contributed by atoms with van der Waals surface area (Å²) in [6.07, 6.45) is 2.51. The van der Waals surface area contributed by atoms with Crippen molar-refractivity contribution in [1.29, 1.82) is 5.26 Å². The Morgan fingerprint density at radius 3 is 2.83 bits per heavy atom. The molecule has 1 atom stereocenters. The number of halogens is 3. The molecule has 1 unspecified atom stereocenters. The van der Waals surface area contributed by atoms with Crippen molar-refractivity contribution in [3.05, 3.63) is 81.3 Å². The van der Waals surface area contributed by atoms with Gasteiger partial charge >= 0.3 is 0 Å².